The first-order valence-corrected chi connectivity index (χ1v) is 8.53. The van der Waals surface area contributed by atoms with Crippen LogP contribution in [0.15, 0.2) is 65.8 Å². The van der Waals surface area contributed by atoms with Crippen LogP contribution in [0.5, 0.6) is 0 Å². The smallest absolute Gasteiger partial charge is 0.260 e. The second-order valence-electron chi connectivity index (χ2n) is 5.78. The fraction of sp³-hybridized carbons (Fsp3) is 0.300. The van der Waals surface area contributed by atoms with Crippen molar-refractivity contribution in [2.24, 2.45) is 10.9 Å². The number of nitrogens with two attached hydrogens (primary N) is 1. The highest BCUT2D eigenvalue weighted by molar-refractivity contribution is 5.80. The summed E-state index contributed by atoms with van der Waals surface area (Å²) in [5.41, 5.74) is 8.25. The van der Waals surface area contributed by atoms with Crippen LogP contribution in [0.25, 0.3) is 0 Å². The number of oxime groups is 1. The molecule has 0 saturated carbocycles. The zero-order valence-corrected chi connectivity index (χ0v) is 14.4. The molecule has 0 heterocycles. The summed E-state index contributed by atoms with van der Waals surface area (Å²) in [6.45, 7) is 0.502. The van der Waals surface area contributed by atoms with E-state index in [1.165, 1.54) is 11.1 Å². The Labute approximate surface area is 148 Å². The number of carbonyl (C=O) groups is 1. The van der Waals surface area contributed by atoms with Gasteiger partial charge in [-0.25, -0.2) is 0 Å². The molecule has 2 rings (SSSR count). The van der Waals surface area contributed by atoms with Gasteiger partial charge in [0.2, 0.25) is 0 Å². The van der Waals surface area contributed by atoms with Crippen molar-refractivity contribution in [1.82, 2.24) is 5.32 Å². The normalized spacial score (nSPS) is 11.1. The minimum Gasteiger partial charge on any atom is -0.384 e. The summed E-state index contributed by atoms with van der Waals surface area (Å²) in [6, 6.07) is 20.2. The Morgan fingerprint density at radius 3 is 2.20 bits per heavy atom. The second kappa shape index (κ2) is 10.9. The maximum atomic E-state index is 11.7. The minimum atomic E-state index is -0.187. The molecule has 0 aromatic heterocycles. The SMILES string of the molecule is N/C(CCc1ccccc1)=N\OCC(=O)NCCCc1ccccc1. The van der Waals surface area contributed by atoms with E-state index in [1.54, 1.807) is 0 Å². The minimum absolute atomic E-state index is 0.114. The van der Waals surface area contributed by atoms with Gasteiger partial charge in [0, 0.05) is 13.0 Å². The molecule has 5 heteroatoms. The lowest BCUT2D eigenvalue weighted by Crippen LogP contribution is -2.28. The van der Waals surface area contributed by atoms with Crippen LogP contribution in [-0.2, 0) is 22.5 Å². The Morgan fingerprint density at radius 2 is 1.56 bits per heavy atom. The van der Waals surface area contributed by atoms with E-state index in [-0.39, 0.29) is 12.5 Å². The molecule has 5 nitrogen and oxygen atoms in total. The number of benzene rings is 2. The highest BCUT2D eigenvalue weighted by Gasteiger charge is 2.02. The topological polar surface area (TPSA) is 76.7 Å². The van der Waals surface area contributed by atoms with Crippen molar-refractivity contribution in [1.29, 1.82) is 0 Å². The third kappa shape index (κ3) is 8.01. The molecule has 0 bridgehead atoms. The lowest BCUT2D eigenvalue weighted by molar-refractivity contribution is -0.125. The van der Waals surface area contributed by atoms with Gasteiger partial charge in [0.1, 0.15) is 5.84 Å². The molecule has 132 valence electrons. The zero-order chi connectivity index (χ0) is 17.7. The highest BCUT2D eigenvalue weighted by Crippen LogP contribution is 2.02. The fourth-order valence-corrected chi connectivity index (χ4v) is 2.35. The first kappa shape index (κ1) is 18.5. The van der Waals surface area contributed by atoms with Crippen LogP contribution in [-0.4, -0.2) is 24.9 Å². The number of nitrogens with zero attached hydrogens (tertiary/aromatic N) is 1. The molecule has 0 aliphatic heterocycles. The molecule has 0 fully saturated rings. The van der Waals surface area contributed by atoms with Crippen molar-refractivity contribution in [3.8, 4) is 0 Å². The Morgan fingerprint density at radius 1 is 0.960 bits per heavy atom. The van der Waals surface area contributed by atoms with Crippen LogP contribution in [0, 0.1) is 0 Å². The van der Waals surface area contributed by atoms with Crippen molar-refractivity contribution < 1.29 is 9.63 Å². The predicted octanol–water partition coefficient (Wildman–Crippen LogP) is 2.66. The van der Waals surface area contributed by atoms with E-state index in [4.69, 9.17) is 10.6 Å². The second-order valence-corrected chi connectivity index (χ2v) is 5.78. The van der Waals surface area contributed by atoms with Gasteiger partial charge in [-0.15, -0.1) is 0 Å². The first-order chi connectivity index (χ1) is 12.2. The third-order valence-corrected chi connectivity index (χ3v) is 3.70. The molecule has 3 N–H and O–H groups in total. The molecule has 0 spiro atoms. The number of carbonyl (C=O) groups excluding carboxylic acids is 1. The Hall–Kier alpha value is -2.82. The van der Waals surface area contributed by atoms with Crippen LogP contribution in [0.2, 0.25) is 0 Å². The molecular weight excluding hydrogens is 314 g/mol. The van der Waals surface area contributed by atoms with E-state index in [2.05, 4.69) is 22.6 Å². The van der Waals surface area contributed by atoms with Crippen LogP contribution >= 0.6 is 0 Å². The van der Waals surface area contributed by atoms with Gasteiger partial charge in [-0.05, 0) is 30.4 Å². The molecule has 0 saturated heterocycles. The molecule has 0 aliphatic rings. The van der Waals surface area contributed by atoms with E-state index < -0.39 is 0 Å². The van der Waals surface area contributed by atoms with Crippen LogP contribution in [0.3, 0.4) is 0 Å². The number of hydrogen-bond acceptors (Lipinski definition) is 3. The number of amidine groups is 1. The summed E-state index contributed by atoms with van der Waals surface area (Å²) in [5, 5.41) is 6.60. The van der Waals surface area contributed by atoms with Gasteiger partial charge in [0.05, 0.1) is 0 Å². The number of nitrogens with one attached hydrogen (secondary N) is 1. The quantitative estimate of drug-likeness (QED) is 0.302. The van der Waals surface area contributed by atoms with E-state index in [1.807, 2.05) is 48.5 Å². The van der Waals surface area contributed by atoms with Crippen molar-refractivity contribution in [2.75, 3.05) is 13.2 Å². The Bertz CT molecular complexity index is 657. The van der Waals surface area contributed by atoms with Gasteiger partial charge in [0.15, 0.2) is 6.61 Å². The van der Waals surface area contributed by atoms with E-state index >= 15 is 0 Å². The maximum absolute atomic E-state index is 11.7. The first-order valence-electron chi connectivity index (χ1n) is 8.53. The average Bonchev–Trinajstić information content (AvgIpc) is 2.65. The monoisotopic (exact) mass is 339 g/mol. The summed E-state index contributed by atoms with van der Waals surface area (Å²) < 4.78 is 0. The van der Waals surface area contributed by atoms with E-state index in [9.17, 15) is 4.79 Å². The Kier molecular flexibility index (Phi) is 8.05. The van der Waals surface area contributed by atoms with Crippen LogP contribution in [0.1, 0.15) is 24.0 Å². The number of aryl methyl sites for hydroxylation is 2. The lowest BCUT2D eigenvalue weighted by Gasteiger charge is -2.05. The highest BCUT2D eigenvalue weighted by atomic mass is 16.6. The van der Waals surface area contributed by atoms with Gasteiger partial charge in [-0.1, -0.05) is 65.8 Å². The van der Waals surface area contributed by atoms with Crippen molar-refractivity contribution in [2.45, 2.75) is 25.7 Å². The molecule has 2 aromatic rings. The predicted molar refractivity (Wildman–Crippen MR) is 100 cm³/mol. The summed E-state index contributed by atoms with van der Waals surface area (Å²) in [5.74, 6) is 0.202. The maximum Gasteiger partial charge on any atom is 0.260 e. The van der Waals surface area contributed by atoms with Crippen molar-refractivity contribution in [3.05, 3.63) is 71.8 Å². The molecule has 0 unspecified atom stereocenters. The summed E-state index contributed by atoms with van der Waals surface area (Å²) in [6.07, 6.45) is 3.22. The number of hydrogen-bond donors (Lipinski definition) is 2. The molecule has 0 atom stereocenters. The third-order valence-electron chi connectivity index (χ3n) is 3.70. The van der Waals surface area contributed by atoms with Gasteiger partial charge in [-0.3, -0.25) is 4.79 Å². The molecule has 0 aliphatic carbocycles. The lowest BCUT2D eigenvalue weighted by atomic mass is 10.1. The molecule has 2 aromatic carbocycles. The largest absolute Gasteiger partial charge is 0.384 e. The standard InChI is InChI=1S/C20H25N3O2/c21-19(14-13-18-10-5-2-6-11-18)23-25-16-20(24)22-15-7-12-17-8-3-1-4-9-17/h1-6,8-11H,7,12-16H2,(H2,21,23)(H,22,24). The summed E-state index contributed by atoms with van der Waals surface area (Å²) in [4.78, 5) is 16.7. The van der Waals surface area contributed by atoms with Crippen LogP contribution < -0.4 is 11.1 Å². The van der Waals surface area contributed by atoms with Crippen molar-refractivity contribution >= 4 is 11.7 Å². The van der Waals surface area contributed by atoms with Gasteiger partial charge in [0.25, 0.3) is 5.91 Å². The average molecular weight is 339 g/mol. The van der Waals surface area contributed by atoms with Gasteiger partial charge in [-0.2, -0.15) is 0 Å². The zero-order valence-electron chi connectivity index (χ0n) is 14.4. The fourth-order valence-electron chi connectivity index (χ4n) is 2.35. The summed E-state index contributed by atoms with van der Waals surface area (Å²) >= 11 is 0. The molecular formula is C20H25N3O2. The molecule has 25 heavy (non-hydrogen) atoms. The molecule has 1 amide bonds. The Balaban J connectivity index is 1.55. The number of rotatable bonds is 10. The van der Waals surface area contributed by atoms with Gasteiger partial charge < -0.3 is 15.9 Å². The summed E-state index contributed by atoms with van der Waals surface area (Å²) in [7, 11) is 0. The van der Waals surface area contributed by atoms with Crippen LogP contribution in [0.4, 0.5) is 0 Å². The molecule has 0 radical (unpaired) electrons. The number of amides is 1. The van der Waals surface area contributed by atoms with E-state index in [0.29, 0.717) is 18.8 Å². The van der Waals surface area contributed by atoms with Crippen molar-refractivity contribution in [3.63, 3.8) is 0 Å². The van der Waals surface area contributed by atoms with Gasteiger partial charge >= 0.3 is 0 Å². The van der Waals surface area contributed by atoms with E-state index in [0.717, 1.165) is 19.3 Å².